The molecule has 7 nitrogen and oxygen atoms in total. The SMILES string of the molecule is Cc1oc(-c2ccccc2)nc1CCOc1cccc(C[C@@H]2C(=O)N(c3ccc(C(C)(C)C)cc3)[C@@H]2C(=O)OC(C)(C)C)c1. The van der Waals surface area contributed by atoms with Crippen molar-refractivity contribution in [1.29, 1.82) is 0 Å². The van der Waals surface area contributed by atoms with Gasteiger partial charge in [-0.3, -0.25) is 9.69 Å². The molecule has 0 spiro atoms. The fraction of sp³-hybridized carbons (Fsp3) is 0.378. The zero-order valence-corrected chi connectivity index (χ0v) is 26.7. The van der Waals surface area contributed by atoms with Gasteiger partial charge in [0, 0.05) is 17.7 Å². The molecule has 3 aromatic carbocycles. The molecule has 1 fully saturated rings. The fourth-order valence-corrected chi connectivity index (χ4v) is 5.44. The number of oxazole rings is 1. The Morgan fingerprint density at radius 2 is 1.64 bits per heavy atom. The Morgan fingerprint density at radius 1 is 0.932 bits per heavy atom. The van der Waals surface area contributed by atoms with Crippen molar-refractivity contribution in [3.05, 3.63) is 101 Å². The smallest absolute Gasteiger partial charge is 0.330 e. The van der Waals surface area contributed by atoms with E-state index in [0.29, 0.717) is 36.8 Å². The second-order valence-corrected chi connectivity index (χ2v) is 13.4. The van der Waals surface area contributed by atoms with Crippen LogP contribution in [-0.2, 0) is 32.6 Å². The van der Waals surface area contributed by atoms with Crippen LogP contribution in [0.2, 0.25) is 0 Å². The van der Waals surface area contributed by atoms with Crippen molar-refractivity contribution in [2.24, 2.45) is 5.92 Å². The first-order chi connectivity index (χ1) is 20.8. The van der Waals surface area contributed by atoms with Gasteiger partial charge in [0.2, 0.25) is 11.8 Å². The summed E-state index contributed by atoms with van der Waals surface area (Å²) in [6, 6.07) is 24.7. The number of rotatable bonds is 9. The van der Waals surface area contributed by atoms with E-state index in [0.717, 1.165) is 28.1 Å². The highest BCUT2D eigenvalue weighted by Crippen LogP contribution is 2.38. The summed E-state index contributed by atoms with van der Waals surface area (Å²) < 4.78 is 17.7. The first kappa shape index (κ1) is 31.0. The highest BCUT2D eigenvalue weighted by molar-refractivity contribution is 6.10. The molecule has 230 valence electrons. The van der Waals surface area contributed by atoms with Crippen LogP contribution in [0.5, 0.6) is 5.75 Å². The van der Waals surface area contributed by atoms with Gasteiger partial charge in [0.15, 0.2) is 0 Å². The number of hydrogen-bond donors (Lipinski definition) is 0. The van der Waals surface area contributed by atoms with Gasteiger partial charge in [0.1, 0.15) is 23.2 Å². The van der Waals surface area contributed by atoms with Gasteiger partial charge in [-0.25, -0.2) is 9.78 Å². The molecule has 5 rings (SSSR count). The first-order valence-electron chi connectivity index (χ1n) is 15.2. The lowest BCUT2D eigenvalue weighted by Gasteiger charge is -2.46. The molecule has 7 heteroatoms. The summed E-state index contributed by atoms with van der Waals surface area (Å²) in [4.78, 5) is 33.2. The number of esters is 1. The quantitative estimate of drug-likeness (QED) is 0.148. The third-order valence-corrected chi connectivity index (χ3v) is 7.75. The summed E-state index contributed by atoms with van der Waals surface area (Å²) in [6.45, 7) is 14.3. The number of aromatic nitrogens is 1. The lowest BCUT2D eigenvalue weighted by molar-refractivity contribution is -0.163. The first-order valence-corrected chi connectivity index (χ1v) is 15.2. The third-order valence-electron chi connectivity index (χ3n) is 7.75. The van der Waals surface area contributed by atoms with Gasteiger partial charge in [0.05, 0.1) is 18.2 Å². The van der Waals surface area contributed by atoms with Gasteiger partial charge in [-0.15, -0.1) is 0 Å². The van der Waals surface area contributed by atoms with E-state index in [1.54, 1.807) is 4.90 Å². The minimum absolute atomic E-state index is 0.0172. The Morgan fingerprint density at radius 3 is 2.30 bits per heavy atom. The van der Waals surface area contributed by atoms with Gasteiger partial charge in [0.25, 0.3) is 0 Å². The number of carbonyl (C=O) groups excluding carboxylic acids is 2. The molecular weight excluding hydrogens is 552 g/mol. The number of anilines is 1. The van der Waals surface area contributed by atoms with Crippen molar-refractivity contribution < 1.29 is 23.5 Å². The van der Waals surface area contributed by atoms with Crippen LogP contribution in [0.4, 0.5) is 5.69 Å². The van der Waals surface area contributed by atoms with Crippen LogP contribution in [0.25, 0.3) is 11.5 Å². The molecule has 0 unspecified atom stereocenters. The maximum Gasteiger partial charge on any atom is 0.330 e. The Bertz CT molecular complexity index is 1610. The topological polar surface area (TPSA) is 81.9 Å². The van der Waals surface area contributed by atoms with E-state index in [4.69, 9.17) is 13.9 Å². The Hall–Kier alpha value is -4.39. The lowest BCUT2D eigenvalue weighted by Crippen LogP contribution is -2.66. The molecule has 1 saturated heterocycles. The van der Waals surface area contributed by atoms with Crippen molar-refractivity contribution in [1.82, 2.24) is 4.98 Å². The number of benzene rings is 3. The molecule has 0 radical (unpaired) electrons. The highest BCUT2D eigenvalue weighted by Gasteiger charge is 2.53. The summed E-state index contributed by atoms with van der Waals surface area (Å²) in [6.07, 6.45) is 0.997. The minimum Gasteiger partial charge on any atom is -0.493 e. The van der Waals surface area contributed by atoms with Crippen molar-refractivity contribution in [3.8, 4) is 17.2 Å². The minimum atomic E-state index is -0.708. The average Bonchev–Trinajstić information content (AvgIpc) is 3.34. The predicted molar refractivity (Wildman–Crippen MR) is 172 cm³/mol. The fourth-order valence-electron chi connectivity index (χ4n) is 5.44. The van der Waals surface area contributed by atoms with Crippen LogP contribution in [0.1, 0.15) is 64.1 Å². The molecule has 0 saturated carbocycles. The number of carbonyl (C=O) groups is 2. The second-order valence-electron chi connectivity index (χ2n) is 13.4. The number of amides is 1. The molecule has 0 N–H and O–H groups in total. The maximum absolute atomic E-state index is 13.6. The van der Waals surface area contributed by atoms with Gasteiger partial charge in [-0.2, -0.15) is 0 Å². The van der Waals surface area contributed by atoms with Crippen molar-refractivity contribution in [2.75, 3.05) is 11.5 Å². The lowest BCUT2D eigenvalue weighted by atomic mass is 9.81. The number of β-lactam (4-membered cyclic amide) rings is 1. The molecular formula is C37H42N2O5. The van der Waals surface area contributed by atoms with Crippen LogP contribution in [0, 0.1) is 12.8 Å². The van der Waals surface area contributed by atoms with E-state index in [9.17, 15) is 9.59 Å². The Balaban J connectivity index is 1.27. The summed E-state index contributed by atoms with van der Waals surface area (Å²) in [5, 5.41) is 0. The summed E-state index contributed by atoms with van der Waals surface area (Å²) in [5.74, 6) is 1.05. The Labute approximate surface area is 260 Å². The molecule has 4 aromatic rings. The van der Waals surface area contributed by atoms with Crippen LogP contribution in [0.15, 0.2) is 83.3 Å². The Kier molecular flexibility index (Phi) is 8.69. The third kappa shape index (κ3) is 7.04. The summed E-state index contributed by atoms with van der Waals surface area (Å²) >= 11 is 0. The van der Waals surface area contributed by atoms with Gasteiger partial charge < -0.3 is 13.9 Å². The van der Waals surface area contributed by atoms with E-state index < -0.39 is 23.5 Å². The average molecular weight is 595 g/mol. The molecule has 1 aromatic heterocycles. The van der Waals surface area contributed by atoms with Crippen molar-refractivity contribution >= 4 is 17.6 Å². The molecule has 2 atom stereocenters. The highest BCUT2D eigenvalue weighted by atomic mass is 16.6. The van der Waals surface area contributed by atoms with Crippen LogP contribution < -0.4 is 9.64 Å². The number of aryl methyl sites for hydroxylation is 1. The zero-order valence-electron chi connectivity index (χ0n) is 26.7. The van der Waals surface area contributed by atoms with E-state index in [1.165, 1.54) is 0 Å². The van der Waals surface area contributed by atoms with Gasteiger partial charge >= 0.3 is 5.97 Å². The van der Waals surface area contributed by atoms with E-state index >= 15 is 0 Å². The molecule has 1 amide bonds. The largest absolute Gasteiger partial charge is 0.493 e. The van der Waals surface area contributed by atoms with E-state index in [1.807, 2.05) is 107 Å². The number of ether oxygens (including phenoxy) is 2. The van der Waals surface area contributed by atoms with Crippen LogP contribution in [0.3, 0.4) is 0 Å². The molecule has 0 bridgehead atoms. The predicted octanol–water partition coefficient (Wildman–Crippen LogP) is 7.48. The van der Waals surface area contributed by atoms with E-state index in [-0.39, 0.29) is 11.3 Å². The van der Waals surface area contributed by atoms with Crippen molar-refractivity contribution in [3.63, 3.8) is 0 Å². The monoisotopic (exact) mass is 594 g/mol. The molecule has 1 aliphatic heterocycles. The van der Waals surface area contributed by atoms with E-state index in [2.05, 4.69) is 25.8 Å². The van der Waals surface area contributed by atoms with Crippen LogP contribution in [-0.4, -0.2) is 35.1 Å². The maximum atomic E-state index is 13.6. The summed E-state index contributed by atoms with van der Waals surface area (Å²) in [5.41, 5.74) is 3.89. The number of nitrogens with zero attached hydrogens (tertiary/aromatic N) is 2. The van der Waals surface area contributed by atoms with Crippen LogP contribution >= 0.6 is 0 Å². The number of hydrogen-bond acceptors (Lipinski definition) is 6. The molecule has 44 heavy (non-hydrogen) atoms. The normalized spacial score (nSPS) is 16.9. The van der Waals surface area contributed by atoms with Gasteiger partial charge in [-0.05, 0) is 87.1 Å². The molecule has 1 aliphatic rings. The molecule has 0 aliphatic carbocycles. The standard InChI is InChI=1S/C37H42N2O5/c1-24-31(38-33(43-24)26-13-9-8-10-14-26)20-21-42-29-15-11-12-25(22-29)23-30-32(35(41)44-37(5,6)7)39(34(30)40)28-18-16-27(17-19-28)36(2,3)4/h8-19,22,30,32H,20-21,23H2,1-7H3/t30-,32-/m0/s1. The molecule has 2 heterocycles. The second kappa shape index (κ2) is 12.3. The summed E-state index contributed by atoms with van der Waals surface area (Å²) in [7, 11) is 0. The van der Waals surface area contributed by atoms with Gasteiger partial charge in [-0.1, -0.05) is 63.2 Å². The van der Waals surface area contributed by atoms with Crippen molar-refractivity contribution in [2.45, 2.75) is 78.4 Å². The zero-order chi connectivity index (χ0) is 31.6.